The standard InChI is InChI=1S/C18H15IN2O2S/c19-16-9-7-12(23-16)8-10-17(22)21-11-3-5-14(21)18-20-13-4-1-2-6-15(13)24-18/h1-2,4,6-10,14H,3,5,11H2/b10-8+. The highest BCUT2D eigenvalue weighted by Gasteiger charge is 2.31. The Labute approximate surface area is 157 Å². The average Bonchev–Trinajstić information content (AvgIpc) is 3.30. The van der Waals surface area contributed by atoms with Crippen LogP contribution in [0.3, 0.4) is 0 Å². The van der Waals surface area contributed by atoms with Crippen molar-refractivity contribution >= 4 is 56.1 Å². The Kier molecular flexibility index (Phi) is 4.41. The molecule has 1 unspecified atom stereocenters. The summed E-state index contributed by atoms with van der Waals surface area (Å²) in [6, 6.07) is 11.9. The third-order valence-electron chi connectivity index (χ3n) is 4.12. The van der Waals surface area contributed by atoms with E-state index in [1.165, 1.54) is 4.70 Å². The van der Waals surface area contributed by atoms with Crippen LogP contribution in [0.25, 0.3) is 16.3 Å². The molecule has 1 aliphatic rings. The number of halogens is 1. The molecule has 122 valence electrons. The van der Waals surface area contributed by atoms with Crippen LogP contribution in [-0.2, 0) is 4.79 Å². The fraction of sp³-hybridized carbons (Fsp3) is 0.222. The Balaban J connectivity index is 1.55. The lowest BCUT2D eigenvalue weighted by Crippen LogP contribution is -2.28. The molecular weight excluding hydrogens is 435 g/mol. The van der Waals surface area contributed by atoms with Crippen LogP contribution >= 0.6 is 33.9 Å². The summed E-state index contributed by atoms with van der Waals surface area (Å²) >= 11 is 3.80. The van der Waals surface area contributed by atoms with Gasteiger partial charge >= 0.3 is 0 Å². The van der Waals surface area contributed by atoms with Crippen molar-refractivity contribution in [2.24, 2.45) is 0 Å². The Hall–Kier alpha value is -1.67. The van der Waals surface area contributed by atoms with E-state index in [4.69, 9.17) is 9.40 Å². The SMILES string of the molecule is O=C(/C=C/c1ccc(I)o1)N1CCCC1c1nc2ccccc2s1. The maximum Gasteiger partial charge on any atom is 0.247 e. The zero-order valence-electron chi connectivity index (χ0n) is 12.8. The van der Waals surface area contributed by atoms with Crippen LogP contribution in [0.5, 0.6) is 0 Å². The van der Waals surface area contributed by atoms with Crippen LogP contribution in [0.4, 0.5) is 0 Å². The normalized spacial score (nSPS) is 18.0. The summed E-state index contributed by atoms with van der Waals surface area (Å²) in [4.78, 5) is 19.2. The molecule has 24 heavy (non-hydrogen) atoms. The van der Waals surface area contributed by atoms with Crippen LogP contribution in [-0.4, -0.2) is 22.3 Å². The molecule has 1 atom stereocenters. The maximum atomic E-state index is 12.6. The highest BCUT2D eigenvalue weighted by atomic mass is 127. The quantitative estimate of drug-likeness (QED) is 0.423. The first-order valence-electron chi connectivity index (χ1n) is 7.80. The number of amides is 1. The van der Waals surface area contributed by atoms with Crippen molar-refractivity contribution in [3.05, 3.63) is 57.0 Å². The van der Waals surface area contributed by atoms with Gasteiger partial charge in [-0.3, -0.25) is 4.79 Å². The van der Waals surface area contributed by atoms with Crippen LogP contribution in [0, 0.1) is 3.77 Å². The van der Waals surface area contributed by atoms with Gasteiger partial charge in [0.05, 0.1) is 16.3 Å². The van der Waals surface area contributed by atoms with Gasteiger partial charge < -0.3 is 9.32 Å². The summed E-state index contributed by atoms with van der Waals surface area (Å²) in [5.41, 5.74) is 1.01. The van der Waals surface area contributed by atoms with E-state index < -0.39 is 0 Å². The molecular formula is C18H15IN2O2S. The molecule has 4 nitrogen and oxygen atoms in total. The van der Waals surface area contributed by atoms with Crippen molar-refractivity contribution in [1.29, 1.82) is 0 Å². The Morgan fingerprint density at radius 1 is 1.33 bits per heavy atom. The second-order valence-corrected chi connectivity index (χ2v) is 7.81. The number of likely N-dealkylation sites (tertiary alicyclic amines) is 1. The van der Waals surface area contributed by atoms with Crippen molar-refractivity contribution in [3.63, 3.8) is 0 Å². The number of benzene rings is 1. The van der Waals surface area contributed by atoms with E-state index in [0.29, 0.717) is 5.76 Å². The fourth-order valence-corrected chi connectivity index (χ4v) is 4.54. The largest absolute Gasteiger partial charge is 0.451 e. The Morgan fingerprint density at radius 3 is 3.00 bits per heavy atom. The summed E-state index contributed by atoms with van der Waals surface area (Å²) in [6.45, 7) is 0.777. The van der Waals surface area contributed by atoms with Crippen molar-refractivity contribution in [3.8, 4) is 0 Å². The van der Waals surface area contributed by atoms with Gasteiger partial charge in [-0.05, 0) is 65.8 Å². The lowest BCUT2D eigenvalue weighted by Gasteiger charge is -2.21. The minimum Gasteiger partial charge on any atom is -0.451 e. The summed E-state index contributed by atoms with van der Waals surface area (Å²) in [6.07, 6.45) is 5.32. The smallest absolute Gasteiger partial charge is 0.247 e. The van der Waals surface area contributed by atoms with Crippen LogP contribution in [0.2, 0.25) is 0 Å². The predicted octanol–water partition coefficient (Wildman–Crippen LogP) is 4.87. The van der Waals surface area contributed by atoms with Crippen LogP contribution < -0.4 is 0 Å². The van der Waals surface area contributed by atoms with E-state index >= 15 is 0 Å². The molecule has 6 heteroatoms. The first kappa shape index (κ1) is 15.8. The number of rotatable bonds is 3. The van der Waals surface area contributed by atoms with Crippen molar-refractivity contribution in [2.75, 3.05) is 6.54 Å². The number of thiazole rings is 1. The summed E-state index contributed by atoms with van der Waals surface area (Å²) in [7, 11) is 0. The van der Waals surface area contributed by atoms with Gasteiger partial charge in [0.15, 0.2) is 3.77 Å². The van der Waals surface area contributed by atoms with E-state index in [1.807, 2.05) is 35.2 Å². The van der Waals surface area contributed by atoms with Crippen LogP contribution in [0.15, 0.2) is 46.9 Å². The Morgan fingerprint density at radius 2 is 2.21 bits per heavy atom. The topological polar surface area (TPSA) is 46.3 Å². The number of hydrogen-bond donors (Lipinski definition) is 0. The van der Waals surface area contributed by atoms with Gasteiger partial charge in [-0.2, -0.15) is 0 Å². The van der Waals surface area contributed by atoms with Gasteiger partial charge in [0.25, 0.3) is 0 Å². The number of carbonyl (C=O) groups excluding carboxylic acids is 1. The molecule has 4 rings (SSSR count). The second kappa shape index (κ2) is 6.68. The number of furan rings is 1. The van der Waals surface area contributed by atoms with Gasteiger partial charge in [-0.1, -0.05) is 12.1 Å². The maximum absolute atomic E-state index is 12.6. The summed E-state index contributed by atoms with van der Waals surface area (Å²) in [5.74, 6) is 0.714. The van der Waals surface area contributed by atoms with Crippen molar-refractivity contribution in [2.45, 2.75) is 18.9 Å². The average molecular weight is 450 g/mol. The number of fused-ring (bicyclic) bond motifs is 1. The van der Waals surface area contributed by atoms with Gasteiger partial charge in [-0.25, -0.2) is 4.98 Å². The molecule has 1 saturated heterocycles. The first-order valence-corrected chi connectivity index (χ1v) is 9.70. The predicted molar refractivity (Wildman–Crippen MR) is 104 cm³/mol. The first-order chi connectivity index (χ1) is 11.7. The lowest BCUT2D eigenvalue weighted by atomic mass is 10.2. The molecule has 1 aliphatic heterocycles. The number of carbonyl (C=O) groups is 1. The molecule has 0 aliphatic carbocycles. The van der Waals surface area contributed by atoms with E-state index in [1.54, 1.807) is 23.5 Å². The van der Waals surface area contributed by atoms with Gasteiger partial charge in [0, 0.05) is 12.6 Å². The van der Waals surface area contributed by atoms with Gasteiger partial charge in [-0.15, -0.1) is 11.3 Å². The van der Waals surface area contributed by atoms with Gasteiger partial charge in [0.2, 0.25) is 5.91 Å². The Bertz CT molecular complexity index is 882. The van der Waals surface area contributed by atoms with E-state index in [2.05, 4.69) is 28.7 Å². The molecule has 1 amide bonds. The third-order valence-corrected chi connectivity index (χ3v) is 5.83. The number of nitrogens with zero attached hydrogens (tertiary/aromatic N) is 2. The molecule has 1 fully saturated rings. The van der Waals surface area contributed by atoms with Crippen molar-refractivity contribution in [1.82, 2.24) is 9.88 Å². The number of para-hydroxylation sites is 1. The third kappa shape index (κ3) is 3.12. The molecule has 0 bridgehead atoms. The molecule has 0 radical (unpaired) electrons. The second-order valence-electron chi connectivity index (χ2n) is 5.68. The van der Waals surface area contributed by atoms with Crippen molar-refractivity contribution < 1.29 is 9.21 Å². The lowest BCUT2D eigenvalue weighted by molar-refractivity contribution is -0.126. The van der Waals surface area contributed by atoms with Gasteiger partial charge in [0.1, 0.15) is 10.8 Å². The summed E-state index contributed by atoms with van der Waals surface area (Å²) in [5, 5.41) is 1.03. The van der Waals surface area contributed by atoms with E-state index in [9.17, 15) is 4.79 Å². The minimum absolute atomic E-state index is 0.0168. The molecule has 3 heterocycles. The molecule has 2 aromatic heterocycles. The zero-order chi connectivity index (χ0) is 16.5. The molecule has 0 spiro atoms. The highest BCUT2D eigenvalue weighted by molar-refractivity contribution is 14.1. The fourth-order valence-electron chi connectivity index (χ4n) is 2.99. The number of aromatic nitrogens is 1. The number of hydrogen-bond acceptors (Lipinski definition) is 4. The van der Waals surface area contributed by atoms with Crippen LogP contribution in [0.1, 0.15) is 29.7 Å². The monoisotopic (exact) mass is 450 g/mol. The minimum atomic E-state index is 0.0168. The molecule has 3 aromatic rings. The molecule has 0 saturated carbocycles. The van der Waals surface area contributed by atoms with E-state index in [-0.39, 0.29) is 11.9 Å². The highest BCUT2D eigenvalue weighted by Crippen LogP contribution is 2.36. The zero-order valence-corrected chi connectivity index (χ0v) is 15.8. The molecule has 1 aromatic carbocycles. The molecule has 0 N–H and O–H groups in total. The van der Waals surface area contributed by atoms with E-state index in [0.717, 1.165) is 33.7 Å². The summed E-state index contributed by atoms with van der Waals surface area (Å²) < 4.78 is 7.45.